The van der Waals surface area contributed by atoms with Crippen molar-refractivity contribution < 1.29 is 4.74 Å². The summed E-state index contributed by atoms with van der Waals surface area (Å²) in [4.78, 5) is 18.6. The quantitative estimate of drug-likeness (QED) is 0.867. The SMILES string of the molecule is COc1ccc(-c2ncc(CCl)c(=O)[nH]2)cc1C. The molecule has 0 spiro atoms. The Hall–Kier alpha value is -1.81. The smallest absolute Gasteiger partial charge is 0.255 e. The fraction of sp³-hybridized carbons (Fsp3) is 0.231. The fourth-order valence-electron chi connectivity index (χ4n) is 1.69. The lowest BCUT2D eigenvalue weighted by Gasteiger charge is -2.07. The van der Waals surface area contributed by atoms with Gasteiger partial charge in [0.15, 0.2) is 0 Å². The van der Waals surface area contributed by atoms with E-state index >= 15 is 0 Å². The summed E-state index contributed by atoms with van der Waals surface area (Å²) in [7, 11) is 1.62. The molecule has 0 bridgehead atoms. The van der Waals surface area contributed by atoms with Crippen molar-refractivity contribution in [1.82, 2.24) is 9.97 Å². The molecule has 0 fully saturated rings. The van der Waals surface area contributed by atoms with E-state index in [-0.39, 0.29) is 11.4 Å². The van der Waals surface area contributed by atoms with Crippen LogP contribution < -0.4 is 10.3 Å². The number of aromatic amines is 1. The molecule has 1 heterocycles. The van der Waals surface area contributed by atoms with Gasteiger partial charge in [-0.2, -0.15) is 0 Å². The number of rotatable bonds is 3. The summed E-state index contributed by atoms with van der Waals surface area (Å²) < 4.78 is 5.19. The number of halogens is 1. The van der Waals surface area contributed by atoms with Gasteiger partial charge in [-0.25, -0.2) is 4.98 Å². The van der Waals surface area contributed by atoms with Gasteiger partial charge in [-0.1, -0.05) is 0 Å². The highest BCUT2D eigenvalue weighted by molar-refractivity contribution is 6.17. The van der Waals surface area contributed by atoms with E-state index in [0.717, 1.165) is 16.9 Å². The van der Waals surface area contributed by atoms with E-state index in [1.165, 1.54) is 6.20 Å². The summed E-state index contributed by atoms with van der Waals surface area (Å²) in [5.74, 6) is 1.49. The van der Waals surface area contributed by atoms with Crippen molar-refractivity contribution in [1.29, 1.82) is 0 Å². The molecule has 5 heteroatoms. The monoisotopic (exact) mass is 264 g/mol. The first kappa shape index (κ1) is 12.6. The summed E-state index contributed by atoms with van der Waals surface area (Å²) in [6, 6.07) is 5.61. The number of aromatic nitrogens is 2. The average Bonchev–Trinajstić information content (AvgIpc) is 2.38. The maximum Gasteiger partial charge on any atom is 0.255 e. The van der Waals surface area contributed by atoms with Crippen LogP contribution in [0, 0.1) is 6.92 Å². The van der Waals surface area contributed by atoms with Crippen molar-refractivity contribution >= 4 is 11.6 Å². The second-order valence-electron chi connectivity index (χ2n) is 3.90. The Labute approximate surface area is 110 Å². The lowest BCUT2D eigenvalue weighted by Crippen LogP contribution is -2.13. The molecular weight excluding hydrogens is 252 g/mol. The topological polar surface area (TPSA) is 55.0 Å². The Morgan fingerprint density at radius 3 is 2.78 bits per heavy atom. The lowest BCUT2D eigenvalue weighted by atomic mass is 10.1. The van der Waals surface area contributed by atoms with Crippen molar-refractivity contribution in [3.8, 4) is 17.1 Å². The van der Waals surface area contributed by atoms with E-state index in [0.29, 0.717) is 11.4 Å². The Morgan fingerprint density at radius 1 is 1.44 bits per heavy atom. The Morgan fingerprint density at radius 2 is 2.22 bits per heavy atom. The van der Waals surface area contributed by atoms with Gasteiger partial charge in [0.1, 0.15) is 11.6 Å². The van der Waals surface area contributed by atoms with Crippen LogP contribution in [0.2, 0.25) is 0 Å². The molecule has 0 aliphatic rings. The van der Waals surface area contributed by atoms with Crippen LogP contribution in [0.1, 0.15) is 11.1 Å². The largest absolute Gasteiger partial charge is 0.496 e. The zero-order valence-electron chi connectivity index (χ0n) is 10.2. The molecule has 1 N–H and O–H groups in total. The van der Waals surface area contributed by atoms with Gasteiger partial charge in [0.2, 0.25) is 0 Å². The number of alkyl halides is 1. The third kappa shape index (κ3) is 2.38. The van der Waals surface area contributed by atoms with Crippen molar-refractivity contribution in [2.45, 2.75) is 12.8 Å². The number of nitrogens with zero attached hydrogens (tertiary/aromatic N) is 1. The van der Waals surface area contributed by atoms with E-state index < -0.39 is 0 Å². The van der Waals surface area contributed by atoms with Gasteiger partial charge in [-0.15, -0.1) is 11.6 Å². The molecule has 94 valence electrons. The molecule has 2 rings (SSSR count). The molecule has 0 radical (unpaired) electrons. The maximum absolute atomic E-state index is 11.6. The first-order chi connectivity index (χ1) is 8.65. The number of ether oxygens (including phenoxy) is 1. The first-order valence-corrected chi connectivity index (χ1v) is 5.98. The number of benzene rings is 1. The summed E-state index contributed by atoms with van der Waals surface area (Å²) in [5.41, 5.74) is 2.08. The van der Waals surface area contributed by atoms with Gasteiger partial charge in [0, 0.05) is 11.8 Å². The summed E-state index contributed by atoms with van der Waals surface area (Å²) in [6.45, 7) is 1.94. The Bertz CT molecular complexity index is 623. The van der Waals surface area contributed by atoms with Crippen LogP contribution in [0.15, 0.2) is 29.2 Å². The molecular formula is C13H13ClN2O2. The summed E-state index contributed by atoms with van der Waals surface area (Å²) in [6.07, 6.45) is 1.50. The minimum atomic E-state index is -0.205. The second-order valence-corrected chi connectivity index (χ2v) is 4.17. The zero-order valence-corrected chi connectivity index (χ0v) is 10.9. The normalized spacial score (nSPS) is 10.4. The number of H-pyrrole nitrogens is 1. The van der Waals surface area contributed by atoms with Crippen LogP contribution in [-0.4, -0.2) is 17.1 Å². The molecule has 0 saturated heterocycles. The Kier molecular flexibility index (Phi) is 3.67. The molecule has 0 unspecified atom stereocenters. The van der Waals surface area contributed by atoms with Crippen LogP contribution in [0.4, 0.5) is 0 Å². The third-order valence-corrected chi connectivity index (χ3v) is 2.97. The fourth-order valence-corrected chi connectivity index (χ4v) is 1.88. The van der Waals surface area contributed by atoms with Crippen molar-refractivity contribution in [3.63, 3.8) is 0 Å². The number of methoxy groups -OCH3 is 1. The highest BCUT2D eigenvalue weighted by Gasteiger charge is 2.06. The minimum absolute atomic E-state index is 0.157. The van der Waals surface area contributed by atoms with Gasteiger partial charge < -0.3 is 9.72 Å². The van der Waals surface area contributed by atoms with Crippen LogP contribution in [0.3, 0.4) is 0 Å². The zero-order chi connectivity index (χ0) is 13.1. The molecule has 1 aromatic heterocycles. The maximum atomic E-state index is 11.6. The van der Waals surface area contributed by atoms with Crippen LogP contribution in [0.25, 0.3) is 11.4 Å². The molecule has 4 nitrogen and oxygen atoms in total. The van der Waals surface area contributed by atoms with Crippen molar-refractivity contribution in [2.24, 2.45) is 0 Å². The first-order valence-electron chi connectivity index (χ1n) is 5.45. The number of nitrogens with one attached hydrogen (secondary N) is 1. The lowest BCUT2D eigenvalue weighted by molar-refractivity contribution is 0.412. The molecule has 0 saturated carbocycles. The van der Waals surface area contributed by atoms with E-state index in [9.17, 15) is 4.79 Å². The number of hydrogen-bond acceptors (Lipinski definition) is 3. The van der Waals surface area contributed by atoms with E-state index in [1.54, 1.807) is 7.11 Å². The molecule has 18 heavy (non-hydrogen) atoms. The summed E-state index contributed by atoms with van der Waals surface area (Å²) >= 11 is 5.62. The Balaban J connectivity index is 2.46. The van der Waals surface area contributed by atoms with Gasteiger partial charge in [-0.3, -0.25) is 4.79 Å². The van der Waals surface area contributed by atoms with Gasteiger partial charge in [-0.05, 0) is 30.7 Å². The highest BCUT2D eigenvalue weighted by atomic mass is 35.5. The van der Waals surface area contributed by atoms with Gasteiger partial charge in [0.05, 0.1) is 18.6 Å². The highest BCUT2D eigenvalue weighted by Crippen LogP contribution is 2.23. The average molecular weight is 265 g/mol. The van der Waals surface area contributed by atoms with E-state index in [1.807, 2.05) is 25.1 Å². The van der Waals surface area contributed by atoms with Gasteiger partial charge in [0.25, 0.3) is 5.56 Å². The molecule has 0 aliphatic carbocycles. The second kappa shape index (κ2) is 5.23. The number of hydrogen-bond donors (Lipinski definition) is 1. The molecule has 0 amide bonds. The van der Waals surface area contributed by atoms with Gasteiger partial charge >= 0.3 is 0 Å². The van der Waals surface area contributed by atoms with E-state index in [2.05, 4.69) is 9.97 Å². The van der Waals surface area contributed by atoms with Crippen molar-refractivity contribution in [3.05, 3.63) is 45.9 Å². The molecule has 0 aliphatic heterocycles. The molecule has 0 atom stereocenters. The predicted molar refractivity (Wildman–Crippen MR) is 71.1 cm³/mol. The molecule has 2 aromatic rings. The molecule has 1 aromatic carbocycles. The number of aryl methyl sites for hydroxylation is 1. The minimum Gasteiger partial charge on any atom is -0.496 e. The van der Waals surface area contributed by atoms with Crippen molar-refractivity contribution in [2.75, 3.05) is 7.11 Å². The van der Waals surface area contributed by atoms with Crippen LogP contribution in [-0.2, 0) is 5.88 Å². The summed E-state index contributed by atoms with van der Waals surface area (Å²) in [5, 5.41) is 0. The van der Waals surface area contributed by atoms with E-state index in [4.69, 9.17) is 16.3 Å². The predicted octanol–water partition coefficient (Wildman–Crippen LogP) is 2.49. The standard InChI is InChI=1S/C13H13ClN2O2/c1-8-5-9(3-4-11(8)18-2)12-15-7-10(6-14)13(17)16-12/h3-5,7H,6H2,1-2H3,(H,15,16,17). The third-order valence-electron chi connectivity index (χ3n) is 2.69. The van der Waals surface area contributed by atoms with Crippen LogP contribution >= 0.6 is 11.6 Å². The van der Waals surface area contributed by atoms with Crippen LogP contribution in [0.5, 0.6) is 5.75 Å².